The molecule has 5 heteroatoms. The number of thioether (sulfide) groups is 1. The molecule has 4 nitrogen and oxygen atoms in total. The minimum atomic E-state index is 0.220. The van der Waals surface area contributed by atoms with Crippen LogP contribution in [0, 0.1) is 6.92 Å². The molecule has 0 spiro atoms. The third-order valence-corrected chi connectivity index (χ3v) is 3.90. The van der Waals surface area contributed by atoms with Gasteiger partial charge < -0.3 is 9.67 Å². The summed E-state index contributed by atoms with van der Waals surface area (Å²) in [6.45, 7) is 5.24. The van der Waals surface area contributed by atoms with Crippen molar-refractivity contribution in [2.45, 2.75) is 32.0 Å². The van der Waals surface area contributed by atoms with Gasteiger partial charge in [0.15, 0.2) is 11.0 Å². The Morgan fingerprint density at radius 3 is 2.84 bits per heavy atom. The second-order valence-electron chi connectivity index (χ2n) is 4.35. The van der Waals surface area contributed by atoms with Gasteiger partial charge in [0.25, 0.3) is 0 Å². The molecule has 2 rings (SSSR count). The van der Waals surface area contributed by atoms with Gasteiger partial charge in [0.1, 0.15) is 0 Å². The van der Waals surface area contributed by atoms with Crippen LogP contribution in [0.15, 0.2) is 29.4 Å². The van der Waals surface area contributed by atoms with Crippen LogP contribution in [-0.2, 0) is 6.54 Å². The molecule has 0 radical (unpaired) electrons. The second kappa shape index (κ2) is 6.73. The molecule has 0 amide bonds. The minimum absolute atomic E-state index is 0.220. The molecule has 0 fully saturated rings. The smallest absolute Gasteiger partial charge is 0.191 e. The molecule has 0 aliphatic carbocycles. The highest BCUT2D eigenvalue weighted by atomic mass is 32.2. The highest BCUT2D eigenvalue weighted by Crippen LogP contribution is 2.24. The SMILES string of the molecule is CCn1c(SCCCO)nnc1-c1cccc(C)c1. The third kappa shape index (κ3) is 3.36. The fourth-order valence-electron chi connectivity index (χ4n) is 1.91. The van der Waals surface area contributed by atoms with Crippen LogP contribution in [0.25, 0.3) is 11.4 Å². The summed E-state index contributed by atoms with van der Waals surface area (Å²) >= 11 is 1.65. The van der Waals surface area contributed by atoms with Gasteiger partial charge in [-0.1, -0.05) is 35.5 Å². The van der Waals surface area contributed by atoms with Crippen LogP contribution in [0.5, 0.6) is 0 Å². The van der Waals surface area contributed by atoms with E-state index < -0.39 is 0 Å². The highest BCUT2D eigenvalue weighted by molar-refractivity contribution is 7.99. The quantitative estimate of drug-likeness (QED) is 0.651. The van der Waals surface area contributed by atoms with Crippen molar-refractivity contribution >= 4 is 11.8 Å². The van der Waals surface area contributed by atoms with Crippen LogP contribution >= 0.6 is 11.8 Å². The third-order valence-electron chi connectivity index (χ3n) is 2.84. The van der Waals surface area contributed by atoms with E-state index >= 15 is 0 Å². The van der Waals surface area contributed by atoms with Gasteiger partial charge in [-0.2, -0.15) is 0 Å². The zero-order chi connectivity index (χ0) is 13.7. The first kappa shape index (κ1) is 14.1. The molecule has 1 aromatic heterocycles. The van der Waals surface area contributed by atoms with E-state index in [0.717, 1.165) is 35.3 Å². The average molecular weight is 277 g/mol. The summed E-state index contributed by atoms with van der Waals surface area (Å²) in [6, 6.07) is 8.30. The summed E-state index contributed by atoms with van der Waals surface area (Å²) in [5.74, 6) is 1.78. The molecule has 0 atom stereocenters. The van der Waals surface area contributed by atoms with Gasteiger partial charge >= 0.3 is 0 Å². The molecule has 1 heterocycles. The van der Waals surface area contributed by atoms with Gasteiger partial charge in [0.05, 0.1) is 0 Å². The van der Waals surface area contributed by atoms with Gasteiger partial charge in [-0.05, 0) is 26.3 Å². The summed E-state index contributed by atoms with van der Waals surface area (Å²) in [5, 5.41) is 18.3. The summed E-state index contributed by atoms with van der Waals surface area (Å²) in [4.78, 5) is 0. The lowest BCUT2D eigenvalue weighted by Gasteiger charge is -2.07. The van der Waals surface area contributed by atoms with E-state index in [1.54, 1.807) is 11.8 Å². The predicted molar refractivity (Wildman–Crippen MR) is 78.3 cm³/mol. The van der Waals surface area contributed by atoms with Crippen LogP contribution in [0.4, 0.5) is 0 Å². The monoisotopic (exact) mass is 277 g/mol. The van der Waals surface area contributed by atoms with Gasteiger partial charge in [-0.15, -0.1) is 10.2 Å². The Morgan fingerprint density at radius 1 is 1.32 bits per heavy atom. The molecule has 1 N–H and O–H groups in total. The van der Waals surface area contributed by atoms with Gasteiger partial charge in [0.2, 0.25) is 0 Å². The Morgan fingerprint density at radius 2 is 2.16 bits per heavy atom. The zero-order valence-electron chi connectivity index (χ0n) is 11.3. The predicted octanol–water partition coefficient (Wildman–Crippen LogP) is 2.75. The maximum Gasteiger partial charge on any atom is 0.191 e. The van der Waals surface area contributed by atoms with Crippen LogP contribution in [0.2, 0.25) is 0 Å². The minimum Gasteiger partial charge on any atom is -0.396 e. The first-order chi connectivity index (χ1) is 9.26. The summed E-state index contributed by atoms with van der Waals surface area (Å²) in [5.41, 5.74) is 2.32. The van der Waals surface area contributed by atoms with Crippen molar-refractivity contribution in [2.24, 2.45) is 0 Å². The highest BCUT2D eigenvalue weighted by Gasteiger charge is 2.12. The zero-order valence-corrected chi connectivity index (χ0v) is 12.2. The number of hydrogen-bond acceptors (Lipinski definition) is 4. The maximum atomic E-state index is 8.83. The van der Waals surface area contributed by atoms with E-state index in [0.29, 0.717) is 0 Å². The molecule has 0 bridgehead atoms. The first-order valence-corrected chi connectivity index (χ1v) is 7.48. The van der Waals surface area contributed by atoms with Crippen molar-refractivity contribution in [1.29, 1.82) is 0 Å². The molecule has 0 aliphatic heterocycles. The molecule has 19 heavy (non-hydrogen) atoms. The Labute approximate surface area is 117 Å². The van der Waals surface area contributed by atoms with Crippen molar-refractivity contribution in [3.05, 3.63) is 29.8 Å². The molecule has 0 aliphatic rings. The topological polar surface area (TPSA) is 50.9 Å². The van der Waals surface area contributed by atoms with Gasteiger partial charge in [0, 0.05) is 24.5 Å². The lowest BCUT2D eigenvalue weighted by molar-refractivity contribution is 0.296. The molecular formula is C14H19N3OS. The van der Waals surface area contributed by atoms with Crippen LogP contribution in [0.3, 0.4) is 0 Å². The van der Waals surface area contributed by atoms with E-state index in [4.69, 9.17) is 5.11 Å². The standard InChI is InChI=1S/C14H19N3OS/c1-3-17-13(12-7-4-6-11(2)10-12)15-16-14(17)19-9-5-8-18/h4,6-7,10,18H,3,5,8-9H2,1-2H3. The number of nitrogens with zero attached hydrogens (tertiary/aromatic N) is 3. The van der Waals surface area contributed by atoms with E-state index in [1.165, 1.54) is 5.56 Å². The second-order valence-corrected chi connectivity index (χ2v) is 5.41. The Hall–Kier alpha value is -1.33. The fourth-order valence-corrected chi connectivity index (χ4v) is 2.83. The number of aliphatic hydroxyl groups excluding tert-OH is 1. The average Bonchev–Trinajstić information content (AvgIpc) is 2.82. The summed E-state index contributed by atoms with van der Waals surface area (Å²) in [6.07, 6.45) is 0.779. The van der Waals surface area contributed by atoms with Crippen molar-refractivity contribution in [3.63, 3.8) is 0 Å². The van der Waals surface area contributed by atoms with E-state index in [1.807, 2.05) is 6.07 Å². The van der Waals surface area contributed by atoms with E-state index in [9.17, 15) is 0 Å². The van der Waals surface area contributed by atoms with E-state index in [-0.39, 0.29) is 6.61 Å². The van der Waals surface area contributed by atoms with Crippen LogP contribution in [0.1, 0.15) is 18.9 Å². The summed E-state index contributed by atoms with van der Waals surface area (Å²) in [7, 11) is 0. The number of aromatic nitrogens is 3. The molecule has 0 saturated heterocycles. The lowest BCUT2D eigenvalue weighted by Crippen LogP contribution is -2.00. The number of aliphatic hydroxyl groups is 1. The molecule has 1 aromatic carbocycles. The van der Waals surface area contributed by atoms with Crippen molar-refractivity contribution in [1.82, 2.24) is 14.8 Å². The van der Waals surface area contributed by atoms with Crippen LogP contribution < -0.4 is 0 Å². The molecule has 0 saturated carbocycles. The normalized spacial score (nSPS) is 10.9. The van der Waals surface area contributed by atoms with Gasteiger partial charge in [-0.25, -0.2) is 0 Å². The number of benzene rings is 1. The molecule has 0 unspecified atom stereocenters. The Balaban J connectivity index is 2.26. The first-order valence-electron chi connectivity index (χ1n) is 6.50. The largest absolute Gasteiger partial charge is 0.396 e. The van der Waals surface area contributed by atoms with Crippen molar-refractivity contribution in [2.75, 3.05) is 12.4 Å². The lowest BCUT2D eigenvalue weighted by atomic mass is 10.1. The van der Waals surface area contributed by atoms with Crippen molar-refractivity contribution in [3.8, 4) is 11.4 Å². The number of aryl methyl sites for hydroxylation is 1. The maximum absolute atomic E-state index is 8.83. The fraction of sp³-hybridized carbons (Fsp3) is 0.429. The molecule has 102 valence electrons. The van der Waals surface area contributed by atoms with Crippen molar-refractivity contribution < 1.29 is 5.11 Å². The van der Waals surface area contributed by atoms with Gasteiger partial charge in [-0.3, -0.25) is 0 Å². The summed E-state index contributed by atoms with van der Waals surface area (Å²) < 4.78 is 2.12. The Bertz CT molecular complexity index is 539. The number of rotatable bonds is 6. The van der Waals surface area contributed by atoms with E-state index in [2.05, 4.69) is 46.8 Å². The number of hydrogen-bond donors (Lipinski definition) is 1. The van der Waals surface area contributed by atoms with Crippen LogP contribution in [-0.4, -0.2) is 32.2 Å². The molecule has 2 aromatic rings. The Kier molecular flexibility index (Phi) is 4.99. The molecular weight excluding hydrogens is 258 g/mol.